The van der Waals surface area contributed by atoms with Crippen molar-refractivity contribution in [3.05, 3.63) is 0 Å². The second kappa shape index (κ2) is 5.31. The number of β-amino-alcohol motifs (C(OH)–C–C–N with tert-alkyl or cyclic N) is 1. The molecule has 90 valence electrons. The predicted octanol–water partition coefficient (Wildman–Crippen LogP) is 2.52. The van der Waals surface area contributed by atoms with E-state index in [1.54, 1.807) is 0 Å². The van der Waals surface area contributed by atoms with Crippen LogP contribution in [0.4, 0.5) is 0 Å². The van der Waals surface area contributed by atoms with Crippen LogP contribution < -0.4 is 0 Å². The molecule has 1 unspecified atom stereocenters. The quantitative estimate of drug-likeness (QED) is 0.778. The van der Waals surface area contributed by atoms with E-state index in [1.165, 1.54) is 32.4 Å². The van der Waals surface area contributed by atoms with Gasteiger partial charge in [0.2, 0.25) is 0 Å². The Morgan fingerprint density at radius 3 is 2.20 bits per heavy atom. The van der Waals surface area contributed by atoms with E-state index >= 15 is 0 Å². The van der Waals surface area contributed by atoms with Gasteiger partial charge >= 0.3 is 0 Å². The molecule has 0 aromatic carbocycles. The molecule has 0 amide bonds. The smallest absolute Gasteiger partial charge is 0.0715 e. The molecule has 0 aromatic heterocycles. The molecule has 1 heterocycles. The van der Waals surface area contributed by atoms with Crippen LogP contribution in [0.5, 0.6) is 0 Å². The molecule has 1 rings (SSSR count). The van der Waals surface area contributed by atoms with Crippen LogP contribution in [-0.2, 0) is 0 Å². The average Bonchev–Trinajstić information content (AvgIpc) is 2.17. The summed E-state index contributed by atoms with van der Waals surface area (Å²) in [5.74, 6) is 0.924. The fourth-order valence-electron chi connectivity index (χ4n) is 2.10. The van der Waals surface area contributed by atoms with Crippen LogP contribution in [-0.4, -0.2) is 35.7 Å². The summed E-state index contributed by atoms with van der Waals surface area (Å²) < 4.78 is 0. The van der Waals surface area contributed by atoms with Gasteiger partial charge in [0.25, 0.3) is 0 Å². The zero-order valence-corrected chi connectivity index (χ0v) is 10.8. The van der Waals surface area contributed by atoms with E-state index in [2.05, 4.69) is 32.6 Å². The molecule has 1 N–H and O–H groups in total. The summed E-state index contributed by atoms with van der Waals surface area (Å²) in [7, 11) is 0. The maximum Gasteiger partial charge on any atom is 0.0715 e. The molecule has 2 heteroatoms. The van der Waals surface area contributed by atoms with E-state index in [9.17, 15) is 5.11 Å². The summed E-state index contributed by atoms with van der Waals surface area (Å²) >= 11 is 0. The molecule has 1 fully saturated rings. The van der Waals surface area contributed by atoms with Gasteiger partial charge in [-0.15, -0.1) is 0 Å². The first-order chi connectivity index (χ1) is 6.93. The Hall–Kier alpha value is -0.0800. The second-order valence-electron chi connectivity index (χ2n) is 6.03. The molecule has 2 nitrogen and oxygen atoms in total. The summed E-state index contributed by atoms with van der Waals surface area (Å²) in [5, 5.41) is 10.0. The SMILES string of the molecule is CCC1CCN(CC(O)C(C)(C)C)CC1. The summed E-state index contributed by atoms with van der Waals surface area (Å²) in [4.78, 5) is 2.42. The molecule has 1 saturated heterocycles. The van der Waals surface area contributed by atoms with E-state index in [0.29, 0.717) is 0 Å². The third-order valence-electron chi connectivity index (χ3n) is 3.72. The third kappa shape index (κ3) is 4.12. The van der Waals surface area contributed by atoms with Gasteiger partial charge in [0.05, 0.1) is 6.10 Å². The van der Waals surface area contributed by atoms with E-state index in [1.807, 2.05) is 0 Å². The number of nitrogens with zero attached hydrogens (tertiary/aromatic N) is 1. The van der Waals surface area contributed by atoms with Crippen molar-refractivity contribution < 1.29 is 5.11 Å². The number of likely N-dealkylation sites (tertiary alicyclic amines) is 1. The predicted molar refractivity (Wildman–Crippen MR) is 64.9 cm³/mol. The molecule has 0 saturated carbocycles. The second-order valence-corrected chi connectivity index (χ2v) is 6.03. The Balaban J connectivity index is 2.29. The van der Waals surface area contributed by atoms with Gasteiger partial charge in [-0.1, -0.05) is 34.1 Å². The monoisotopic (exact) mass is 213 g/mol. The zero-order valence-electron chi connectivity index (χ0n) is 10.8. The molecule has 0 aromatic rings. The van der Waals surface area contributed by atoms with Gasteiger partial charge in [-0.05, 0) is 37.3 Å². The van der Waals surface area contributed by atoms with Crippen molar-refractivity contribution in [3.8, 4) is 0 Å². The van der Waals surface area contributed by atoms with Crippen LogP contribution in [0.3, 0.4) is 0 Å². The van der Waals surface area contributed by atoms with Crippen molar-refractivity contribution in [1.29, 1.82) is 0 Å². The third-order valence-corrected chi connectivity index (χ3v) is 3.72. The van der Waals surface area contributed by atoms with Gasteiger partial charge in [0.15, 0.2) is 0 Å². The maximum absolute atomic E-state index is 10.0. The van der Waals surface area contributed by atoms with Gasteiger partial charge in [-0.25, -0.2) is 0 Å². The van der Waals surface area contributed by atoms with Crippen molar-refractivity contribution in [3.63, 3.8) is 0 Å². The molecule has 0 bridgehead atoms. The normalized spacial score (nSPS) is 23.0. The van der Waals surface area contributed by atoms with Crippen molar-refractivity contribution in [2.24, 2.45) is 11.3 Å². The topological polar surface area (TPSA) is 23.5 Å². The maximum atomic E-state index is 10.0. The van der Waals surface area contributed by atoms with Gasteiger partial charge in [0, 0.05) is 6.54 Å². The number of hydrogen-bond donors (Lipinski definition) is 1. The van der Waals surface area contributed by atoms with Crippen LogP contribution in [0.1, 0.15) is 47.0 Å². The molecular weight excluding hydrogens is 186 g/mol. The lowest BCUT2D eigenvalue weighted by Gasteiger charge is -2.36. The van der Waals surface area contributed by atoms with Crippen LogP contribution >= 0.6 is 0 Å². The molecule has 0 radical (unpaired) electrons. The van der Waals surface area contributed by atoms with E-state index in [4.69, 9.17) is 0 Å². The Bertz CT molecular complexity index is 177. The summed E-state index contributed by atoms with van der Waals surface area (Å²) in [5.41, 5.74) is 0.0155. The molecule has 1 atom stereocenters. The summed E-state index contributed by atoms with van der Waals surface area (Å²) in [6.07, 6.45) is 3.74. The Morgan fingerprint density at radius 1 is 1.27 bits per heavy atom. The zero-order chi connectivity index (χ0) is 11.5. The molecular formula is C13H27NO. The minimum absolute atomic E-state index is 0.0155. The van der Waals surface area contributed by atoms with Crippen LogP contribution in [0, 0.1) is 11.3 Å². The first-order valence-electron chi connectivity index (χ1n) is 6.34. The fourth-order valence-corrected chi connectivity index (χ4v) is 2.10. The fraction of sp³-hybridized carbons (Fsp3) is 1.00. The van der Waals surface area contributed by atoms with E-state index in [-0.39, 0.29) is 11.5 Å². The Morgan fingerprint density at radius 2 is 1.80 bits per heavy atom. The molecule has 15 heavy (non-hydrogen) atoms. The van der Waals surface area contributed by atoms with Crippen molar-refractivity contribution in [1.82, 2.24) is 4.90 Å². The minimum atomic E-state index is -0.198. The van der Waals surface area contributed by atoms with Crippen molar-refractivity contribution in [2.75, 3.05) is 19.6 Å². The largest absolute Gasteiger partial charge is 0.391 e. The first kappa shape index (κ1) is 13.0. The Kier molecular flexibility index (Phi) is 4.60. The standard InChI is InChI=1S/C13H27NO/c1-5-11-6-8-14(9-7-11)10-12(15)13(2,3)4/h11-12,15H,5-10H2,1-4H3. The lowest BCUT2D eigenvalue weighted by molar-refractivity contribution is 0.0187. The highest BCUT2D eigenvalue weighted by molar-refractivity contribution is 4.79. The van der Waals surface area contributed by atoms with Gasteiger partial charge in [-0.3, -0.25) is 0 Å². The number of rotatable bonds is 3. The van der Waals surface area contributed by atoms with Crippen molar-refractivity contribution >= 4 is 0 Å². The number of piperidine rings is 1. The van der Waals surface area contributed by atoms with Crippen LogP contribution in [0.25, 0.3) is 0 Å². The summed E-state index contributed by atoms with van der Waals surface area (Å²) in [6.45, 7) is 11.8. The highest BCUT2D eigenvalue weighted by atomic mass is 16.3. The van der Waals surface area contributed by atoms with E-state index in [0.717, 1.165) is 12.5 Å². The highest BCUT2D eigenvalue weighted by Gasteiger charge is 2.26. The minimum Gasteiger partial charge on any atom is -0.391 e. The Labute approximate surface area is 94.7 Å². The molecule has 1 aliphatic rings. The first-order valence-corrected chi connectivity index (χ1v) is 6.34. The van der Waals surface area contributed by atoms with Crippen molar-refractivity contribution in [2.45, 2.75) is 53.1 Å². The van der Waals surface area contributed by atoms with Gasteiger partial charge < -0.3 is 10.0 Å². The number of aliphatic hydroxyl groups is 1. The summed E-state index contributed by atoms with van der Waals surface area (Å²) in [6, 6.07) is 0. The number of hydrogen-bond acceptors (Lipinski definition) is 2. The average molecular weight is 213 g/mol. The lowest BCUT2D eigenvalue weighted by Crippen LogP contribution is -2.43. The number of aliphatic hydroxyl groups excluding tert-OH is 1. The van der Waals surface area contributed by atoms with E-state index < -0.39 is 0 Å². The molecule has 1 aliphatic heterocycles. The molecule has 0 spiro atoms. The molecule has 0 aliphatic carbocycles. The van der Waals surface area contributed by atoms with Crippen LogP contribution in [0.15, 0.2) is 0 Å². The highest BCUT2D eigenvalue weighted by Crippen LogP contribution is 2.23. The van der Waals surface area contributed by atoms with Crippen LogP contribution in [0.2, 0.25) is 0 Å². The van der Waals surface area contributed by atoms with Gasteiger partial charge in [-0.2, -0.15) is 0 Å². The lowest BCUT2D eigenvalue weighted by atomic mass is 9.88. The van der Waals surface area contributed by atoms with Gasteiger partial charge in [0.1, 0.15) is 0 Å².